The van der Waals surface area contributed by atoms with Crippen LogP contribution in [0.15, 0.2) is 23.8 Å². The molecule has 48 valence electrons. The molecule has 0 amide bonds. The van der Waals surface area contributed by atoms with Gasteiger partial charge >= 0.3 is 0 Å². The minimum absolute atomic E-state index is 0.350. The second kappa shape index (κ2) is 1.44. The van der Waals surface area contributed by atoms with Crippen LogP contribution in [0.1, 0.15) is 6.92 Å². The summed E-state index contributed by atoms with van der Waals surface area (Å²) < 4.78 is 0. The van der Waals surface area contributed by atoms with E-state index in [0.29, 0.717) is 5.25 Å². The summed E-state index contributed by atoms with van der Waals surface area (Å²) in [6, 6.07) is 0. The van der Waals surface area contributed by atoms with Crippen molar-refractivity contribution in [1.29, 1.82) is 0 Å². The topological polar surface area (TPSA) is 20.2 Å². The number of hydrogen-bond acceptors (Lipinski definition) is 2. The molecule has 2 unspecified atom stereocenters. The normalized spacial score (nSPS) is 46.0. The maximum absolute atomic E-state index is 9.40. The first-order valence-electron chi connectivity index (χ1n) is 2.98. The summed E-state index contributed by atoms with van der Waals surface area (Å²) in [4.78, 5) is -0.514. The molecule has 2 aliphatic rings. The van der Waals surface area contributed by atoms with E-state index in [4.69, 9.17) is 0 Å². The van der Waals surface area contributed by atoms with Gasteiger partial charge in [-0.2, -0.15) is 0 Å². The monoisotopic (exact) mass is 140 g/mol. The van der Waals surface area contributed by atoms with Gasteiger partial charge in [0.25, 0.3) is 0 Å². The molecule has 1 fully saturated rings. The Morgan fingerprint density at radius 1 is 1.78 bits per heavy atom. The van der Waals surface area contributed by atoms with Crippen LogP contribution in [0.5, 0.6) is 0 Å². The lowest BCUT2D eigenvalue weighted by atomic mass is 10.1. The smallest absolute Gasteiger partial charge is 0.145 e. The van der Waals surface area contributed by atoms with Crippen molar-refractivity contribution in [2.24, 2.45) is 0 Å². The van der Waals surface area contributed by atoms with Gasteiger partial charge in [-0.25, -0.2) is 0 Å². The van der Waals surface area contributed by atoms with Crippen LogP contribution in [0.25, 0.3) is 0 Å². The molecule has 0 saturated carbocycles. The second-order valence-electron chi connectivity index (χ2n) is 2.53. The summed E-state index contributed by atoms with van der Waals surface area (Å²) in [6.45, 7) is 2.05. The van der Waals surface area contributed by atoms with Gasteiger partial charge in [0, 0.05) is 0 Å². The van der Waals surface area contributed by atoms with Crippen molar-refractivity contribution in [3.8, 4) is 0 Å². The Labute approximate surface area is 58.5 Å². The molecule has 0 spiro atoms. The SMILES string of the molecule is CC1=CC2SC2(O)C=C1. The van der Waals surface area contributed by atoms with E-state index >= 15 is 0 Å². The van der Waals surface area contributed by atoms with Gasteiger partial charge in [-0.3, -0.25) is 0 Å². The van der Waals surface area contributed by atoms with Crippen molar-refractivity contribution in [2.75, 3.05) is 0 Å². The second-order valence-corrected chi connectivity index (χ2v) is 3.93. The summed E-state index contributed by atoms with van der Waals surface area (Å²) in [5.74, 6) is 0. The molecule has 1 saturated heterocycles. The first kappa shape index (κ1) is 5.57. The Bertz CT molecular complexity index is 207. The molecule has 2 atom stereocenters. The highest BCUT2D eigenvalue weighted by Crippen LogP contribution is 2.55. The van der Waals surface area contributed by atoms with E-state index in [9.17, 15) is 5.11 Å². The molecule has 2 heteroatoms. The van der Waals surface area contributed by atoms with Gasteiger partial charge in [0.2, 0.25) is 0 Å². The zero-order valence-corrected chi connectivity index (χ0v) is 5.98. The Morgan fingerprint density at radius 3 is 3.11 bits per heavy atom. The zero-order valence-electron chi connectivity index (χ0n) is 5.16. The first-order valence-corrected chi connectivity index (χ1v) is 3.86. The average Bonchev–Trinajstić information content (AvgIpc) is 2.41. The van der Waals surface area contributed by atoms with Crippen LogP contribution in [-0.4, -0.2) is 15.3 Å². The standard InChI is InChI=1S/C7H8OS/c1-5-2-3-7(8)6(4-5)9-7/h2-4,6,8H,1H3. The molecule has 0 aromatic carbocycles. The molecular formula is C7H8OS. The van der Waals surface area contributed by atoms with Crippen molar-refractivity contribution < 1.29 is 5.11 Å². The van der Waals surface area contributed by atoms with Gasteiger partial charge in [0.1, 0.15) is 4.93 Å². The molecule has 1 nitrogen and oxygen atoms in total. The molecular weight excluding hydrogens is 132 g/mol. The molecule has 9 heavy (non-hydrogen) atoms. The Balaban J connectivity index is 2.31. The highest BCUT2D eigenvalue weighted by molar-refractivity contribution is 8.08. The number of fused-ring (bicyclic) bond motifs is 1. The van der Waals surface area contributed by atoms with E-state index in [1.165, 1.54) is 5.57 Å². The van der Waals surface area contributed by atoms with Crippen LogP contribution in [0.2, 0.25) is 0 Å². The molecule has 1 aliphatic carbocycles. The van der Waals surface area contributed by atoms with Crippen molar-refractivity contribution in [3.63, 3.8) is 0 Å². The number of allylic oxidation sites excluding steroid dienone is 2. The lowest BCUT2D eigenvalue weighted by Crippen LogP contribution is -2.10. The van der Waals surface area contributed by atoms with Crippen LogP contribution < -0.4 is 0 Å². The highest BCUT2D eigenvalue weighted by atomic mass is 32.2. The van der Waals surface area contributed by atoms with Crippen LogP contribution in [0, 0.1) is 0 Å². The fourth-order valence-corrected chi connectivity index (χ4v) is 1.92. The van der Waals surface area contributed by atoms with Crippen LogP contribution in [-0.2, 0) is 0 Å². The van der Waals surface area contributed by atoms with Crippen molar-refractivity contribution in [3.05, 3.63) is 23.8 Å². The molecule has 0 aromatic rings. The number of hydrogen-bond donors (Lipinski definition) is 1. The van der Waals surface area contributed by atoms with Crippen molar-refractivity contribution >= 4 is 11.8 Å². The third-order valence-electron chi connectivity index (χ3n) is 1.67. The number of thioether (sulfide) groups is 1. The maximum atomic E-state index is 9.40. The Hall–Kier alpha value is -0.210. The van der Waals surface area contributed by atoms with Gasteiger partial charge in [0.15, 0.2) is 0 Å². The van der Waals surface area contributed by atoms with Crippen LogP contribution >= 0.6 is 11.8 Å². The van der Waals surface area contributed by atoms with E-state index in [2.05, 4.69) is 13.0 Å². The molecule has 0 radical (unpaired) electrons. The summed E-state index contributed by atoms with van der Waals surface area (Å²) in [5, 5.41) is 9.75. The van der Waals surface area contributed by atoms with Gasteiger partial charge in [-0.05, 0) is 13.0 Å². The molecule has 2 rings (SSSR count). The van der Waals surface area contributed by atoms with E-state index in [1.54, 1.807) is 11.8 Å². The lowest BCUT2D eigenvalue weighted by molar-refractivity contribution is 0.228. The van der Waals surface area contributed by atoms with Gasteiger partial charge in [-0.15, -0.1) is 11.8 Å². The predicted octanol–water partition coefficient (Wildman–Crippen LogP) is 1.31. The van der Waals surface area contributed by atoms with Crippen LogP contribution in [0.4, 0.5) is 0 Å². The fourth-order valence-electron chi connectivity index (χ4n) is 1.00. The molecule has 1 aliphatic heterocycles. The third kappa shape index (κ3) is 0.740. The van der Waals surface area contributed by atoms with E-state index < -0.39 is 4.93 Å². The van der Waals surface area contributed by atoms with Gasteiger partial charge in [0.05, 0.1) is 5.25 Å². The maximum Gasteiger partial charge on any atom is 0.145 e. The summed E-state index contributed by atoms with van der Waals surface area (Å²) in [7, 11) is 0. The predicted molar refractivity (Wildman–Crippen MR) is 39.2 cm³/mol. The fraction of sp³-hybridized carbons (Fsp3) is 0.429. The Kier molecular flexibility index (Phi) is 0.891. The zero-order chi connectivity index (χ0) is 6.48. The Morgan fingerprint density at radius 2 is 2.56 bits per heavy atom. The van der Waals surface area contributed by atoms with Gasteiger partial charge in [-0.1, -0.05) is 17.7 Å². The molecule has 0 aromatic heterocycles. The van der Waals surface area contributed by atoms with Crippen molar-refractivity contribution in [2.45, 2.75) is 17.1 Å². The molecule has 0 bridgehead atoms. The lowest BCUT2D eigenvalue weighted by Gasteiger charge is -2.03. The minimum atomic E-state index is -0.514. The minimum Gasteiger partial charge on any atom is -0.374 e. The van der Waals surface area contributed by atoms with E-state index in [1.807, 2.05) is 12.2 Å². The summed E-state index contributed by atoms with van der Waals surface area (Å²) >= 11 is 1.60. The quantitative estimate of drug-likeness (QED) is 0.512. The van der Waals surface area contributed by atoms with Crippen molar-refractivity contribution in [1.82, 2.24) is 0 Å². The summed E-state index contributed by atoms with van der Waals surface area (Å²) in [5.41, 5.74) is 1.26. The number of rotatable bonds is 0. The molecule has 1 N–H and O–H groups in total. The largest absolute Gasteiger partial charge is 0.374 e. The third-order valence-corrected chi connectivity index (χ3v) is 2.93. The van der Waals surface area contributed by atoms with Gasteiger partial charge < -0.3 is 5.11 Å². The number of aliphatic hydroxyl groups is 1. The summed E-state index contributed by atoms with van der Waals surface area (Å²) in [6.07, 6.45) is 5.94. The first-order chi connectivity index (χ1) is 4.21. The van der Waals surface area contributed by atoms with E-state index in [0.717, 1.165) is 0 Å². The highest BCUT2D eigenvalue weighted by Gasteiger charge is 2.52. The van der Waals surface area contributed by atoms with Crippen LogP contribution in [0.3, 0.4) is 0 Å². The average molecular weight is 140 g/mol. The molecule has 1 heterocycles. The van der Waals surface area contributed by atoms with E-state index in [-0.39, 0.29) is 0 Å².